The summed E-state index contributed by atoms with van der Waals surface area (Å²) in [5, 5.41) is 3.41. The second kappa shape index (κ2) is 16.7. The smallest absolute Gasteiger partial charge is 0.299 e. The maximum absolute atomic E-state index is 2.64. The first kappa shape index (κ1) is 33.7. The summed E-state index contributed by atoms with van der Waals surface area (Å²) in [7, 11) is 1.84. The van der Waals surface area contributed by atoms with Gasteiger partial charge < -0.3 is 0 Å². The van der Waals surface area contributed by atoms with E-state index in [2.05, 4.69) is 60.1 Å². The fraction of sp³-hybridized carbons (Fsp3) is 0.571. The van der Waals surface area contributed by atoms with E-state index in [0.29, 0.717) is 0 Å². The van der Waals surface area contributed by atoms with Crippen LogP contribution >= 0.6 is 16.4 Å². The SMILES string of the molecule is [Fe+2].c1c[cH-]c(-[c-]2[pH+]cc(C3CCCCC3)c2C2CCCCC2)c1.c1c[cH-]c(-[c-]2[pH+]cc(C3CCCCC3)c2C2CCCCC2)c1. The average Bonchev–Trinajstić information content (AvgIpc) is 3.93. The van der Waals surface area contributed by atoms with Crippen molar-refractivity contribution >= 4 is 16.4 Å². The van der Waals surface area contributed by atoms with E-state index in [1.165, 1.54) is 140 Å². The molecule has 0 bridgehead atoms. The Labute approximate surface area is 288 Å². The topological polar surface area (TPSA) is 0 Å². The molecule has 2 aromatic carbocycles. The van der Waals surface area contributed by atoms with Gasteiger partial charge in [0, 0.05) is 16.4 Å². The quantitative estimate of drug-likeness (QED) is 0.141. The third-order valence-corrected chi connectivity index (χ3v) is 14.5. The van der Waals surface area contributed by atoms with Gasteiger partial charge in [0.1, 0.15) is 0 Å². The second-order valence-electron chi connectivity index (χ2n) is 14.8. The fourth-order valence-electron chi connectivity index (χ4n) is 9.62. The second-order valence-corrected chi connectivity index (χ2v) is 16.9. The van der Waals surface area contributed by atoms with E-state index in [1.54, 1.807) is 21.7 Å². The molecule has 2 unspecified atom stereocenters. The van der Waals surface area contributed by atoms with Gasteiger partial charge in [-0.25, -0.2) is 35.4 Å². The van der Waals surface area contributed by atoms with Crippen molar-refractivity contribution in [3.05, 3.63) is 82.4 Å². The maximum Gasteiger partial charge on any atom is 2.00 e. The molecule has 2 aromatic heterocycles. The Kier molecular flexibility index (Phi) is 12.5. The van der Waals surface area contributed by atoms with Crippen LogP contribution in [0.5, 0.6) is 0 Å². The minimum atomic E-state index is 0. The zero-order valence-electron chi connectivity index (χ0n) is 27.6. The van der Waals surface area contributed by atoms with Crippen molar-refractivity contribution in [1.29, 1.82) is 0 Å². The molecule has 0 spiro atoms. The van der Waals surface area contributed by atoms with Gasteiger partial charge in [0.15, 0.2) is 0 Å². The predicted octanol–water partition coefficient (Wildman–Crippen LogP) is 14.4. The van der Waals surface area contributed by atoms with Crippen LogP contribution in [-0.4, -0.2) is 0 Å². The van der Waals surface area contributed by atoms with Crippen LogP contribution < -0.4 is 0 Å². The zero-order valence-corrected chi connectivity index (χ0v) is 30.7. The molecule has 4 fully saturated rings. The van der Waals surface area contributed by atoms with E-state index in [1.807, 2.05) is 11.1 Å². The molecule has 4 aliphatic rings. The third-order valence-electron chi connectivity index (χ3n) is 11.9. The van der Waals surface area contributed by atoms with Crippen LogP contribution in [0.4, 0.5) is 0 Å². The standard InChI is InChI=1S/2C21H28P.Fe/c2*1-3-9-16(10-4-1)19-15-22-21(18-13-7-8-14-18)20(19)17-11-5-2-6-12-17;/h2*7-8,13-17,22H,1-6,9-12H2;/q2*-1;+2. The average molecular weight is 679 g/mol. The molecule has 4 saturated carbocycles. The molecular formula is C42H56FeP2. The Hall–Kier alpha value is -1.22. The normalized spacial score (nSPS) is 21.2. The molecule has 2 heterocycles. The van der Waals surface area contributed by atoms with E-state index in [9.17, 15) is 0 Å². The minimum Gasteiger partial charge on any atom is -0.299 e. The molecule has 4 aromatic rings. The molecule has 0 aliphatic heterocycles. The molecule has 8 rings (SSSR count). The molecule has 2 atom stereocenters. The van der Waals surface area contributed by atoms with Crippen molar-refractivity contribution in [2.45, 2.75) is 152 Å². The molecule has 0 saturated heterocycles. The number of hydrogen-bond acceptors (Lipinski definition) is 0. The van der Waals surface area contributed by atoms with Crippen molar-refractivity contribution in [3.63, 3.8) is 0 Å². The Balaban J connectivity index is 0.000000155. The first-order valence-corrected chi connectivity index (χ1v) is 20.9. The Morgan fingerprint density at radius 2 is 0.800 bits per heavy atom. The van der Waals surface area contributed by atoms with Crippen LogP contribution in [0.15, 0.2) is 60.1 Å². The van der Waals surface area contributed by atoms with Crippen LogP contribution in [0.1, 0.15) is 174 Å². The molecule has 45 heavy (non-hydrogen) atoms. The molecule has 3 heteroatoms. The van der Waals surface area contributed by atoms with Gasteiger partial charge in [0.05, 0.1) is 11.6 Å². The summed E-state index contributed by atoms with van der Waals surface area (Å²) in [6.45, 7) is 0. The van der Waals surface area contributed by atoms with Gasteiger partial charge in [-0.3, -0.25) is 24.3 Å². The monoisotopic (exact) mass is 678 g/mol. The van der Waals surface area contributed by atoms with E-state index >= 15 is 0 Å². The van der Waals surface area contributed by atoms with Crippen LogP contribution in [0, 0.1) is 0 Å². The Bertz CT molecular complexity index is 1270. The zero-order chi connectivity index (χ0) is 29.6. The largest absolute Gasteiger partial charge is 2.00 e. The van der Waals surface area contributed by atoms with Gasteiger partial charge in [-0.15, -0.1) is 0 Å². The van der Waals surface area contributed by atoms with Crippen LogP contribution in [0.25, 0.3) is 21.7 Å². The summed E-state index contributed by atoms with van der Waals surface area (Å²) in [4.78, 5) is 0. The van der Waals surface area contributed by atoms with Gasteiger partial charge in [0.2, 0.25) is 0 Å². The number of rotatable bonds is 6. The van der Waals surface area contributed by atoms with Gasteiger partial charge in [-0.05, 0) is 96.8 Å². The summed E-state index contributed by atoms with van der Waals surface area (Å²) < 4.78 is 0. The summed E-state index contributed by atoms with van der Waals surface area (Å²) in [5.74, 6) is 8.77. The maximum atomic E-state index is 2.64. The Morgan fingerprint density at radius 1 is 0.467 bits per heavy atom. The molecule has 0 amide bonds. The first-order valence-electron chi connectivity index (χ1n) is 18.7. The van der Waals surface area contributed by atoms with E-state index in [0.717, 1.165) is 40.1 Å². The van der Waals surface area contributed by atoms with Crippen molar-refractivity contribution in [2.24, 2.45) is 0 Å². The minimum absolute atomic E-state index is 0. The molecule has 0 nitrogen and oxygen atoms in total. The molecule has 242 valence electrons. The third kappa shape index (κ3) is 7.92. The van der Waals surface area contributed by atoms with E-state index in [4.69, 9.17) is 0 Å². The Morgan fingerprint density at radius 3 is 1.11 bits per heavy atom. The summed E-state index contributed by atoms with van der Waals surface area (Å²) in [6, 6.07) is 18.2. The van der Waals surface area contributed by atoms with Crippen LogP contribution in [-0.2, 0) is 17.1 Å². The van der Waals surface area contributed by atoms with Crippen molar-refractivity contribution in [1.82, 2.24) is 0 Å². The predicted molar refractivity (Wildman–Crippen MR) is 197 cm³/mol. The van der Waals surface area contributed by atoms with Gasteiger partial charge in [-0.1, -0.05) is 88.2 Å². The number of hydrogen-bond donors (Lipinski definition) is 0. The summed E-state index contributed by atoms with van der Waals surface area (Å²) >= 11 is 0. The van der Waals surface area contributed by atoms with Crippen molar-refractivity contribution < 1.29 is 17.1 Å². The summed E-state index contributed by atoms with van der Waals surface area (Å²) in [5.41, 5.74) is 10.2. The fourth-order valence-corrected chi connectivity index (χ4v) is 12.7. The van der Waals surface area contributed by atoms with Gasteiger partial charge >= 0.3 is 17.1 Å². The van der Waals surface area contributed by atoms with Crippen LogP contribution in [0.2, 0.25) is 0 Å². The molecule has 0 N–H and O–H groups in total. The van der Waals surface area contributed by atoms with Crippen molar-refractivity contribution in [3.8, 4) is 21.7 Å². The molecule has 0 radical (unpaired) electrons. The molecule has 4 aliphatic carbocycles. The van der Waals surface area contributed by atoms with E-state index < -0.39 is 0 Å². The van der Waals surface area contributed by atoms with Gasteiger partial charge in [-0.2, -0.15) is 0 Å². The van der Waals surface area contributed by atoms with Gasteiger partial charge in [0.25, 0.3) is 0 Å². The van der Waals surface area contributed by atoms with Crippen LogP contribution in [0.3, 0.4) is 0 Å². The van der Waals surface area contributed by atoms with Crippen molar-refractivity contribution in [2.75, 3.05) is 0 Å². The summed E-state index contributed by atoms with van der Waals surface area (Å²) in [6.07, 6.45) is 29.0. The first-order chi connectivity index (χ1) is 21.9. The molecular weight excluding hydrogens is 622 g/mol. The van der Waals surface area contributed by atoms with E-state index in [-0.39, 0.29) is 17.1 Å².